The van der Waals surface area contributed by atoms with Crippen LogP contribution in [0.3, 0.4) is 0 Å². The van der Waals surface area contributed by atoms with Crippen LogP contribution in [0.1, 0.15) is 27.0 Å². The number of benzene rings is 2. The van der Waals surface area contributed by atoms with E-state index in [-0.39, 0.29) is 5.91 Å². The molecule has 4 nitrogen and oxygen atoms in total. The number of anilines is 1. The number of carbonyl (C=O) groups is 1. The molecule has 0 bridgehead atoms. The molecule has 0 aliphatic carbocycles. The lowest BCUT2D eigenvalue weighted by molar-refractivity contribution is 0.102. The molecule has 0 saturated carbocycles. The highest BCUT2D eigenvalue weighted by molar-refractivity contribution is 7.22. The number of hydrogen-bond acceptors (Lipinski definition) is 4. The van der Waals surface area contributed by atoms with Crippen molar-refractivity contribution in [2.24, 2.45) is 0 Å². The molecule has 0 aliphatic rings. The molecular formula is C18H18N2O2S. The van der Waals surface area contributed by atoms with Gasteiger partial charge in [0, 0.05) is 5.56 Å². The summed E-state index contributed by atoms with van der Waals surface area (Å²) < 4.78 is 6.38. The third-order valence-electron chi connectivity index (χ3n) is 3.63. The maximum absolute atomic E-state index is 12.5. The Morgan fingerprint density at radius 1 is 1.13 bits per heavy atom. The number of aromatic nitrogens is 1. The Morgan fingerprint density at radius 3 is 2.48 bits per heavy atom. The molecule has 118 valence electrons. The fraction of sp³-hybridized carbons (Fsp3) is 0.222. The number of rotatable bonds is 3. The molecule has 5 heteroatoms. The molecule has 0 spiro atoms. The molecule has 0 saturated heterocycles. The summed E-state index contributed by atoms with van der Waals surface area (Å²) in [4.78, 5) is 17.0. The Labute approximate surface area is 139 Å². The SMILES string of the molecule is COc1ccc(C)c2sc(NC(=O)c3cc(C)cc(C)c3)nc12. The van der Waals surface area contributed by atoms with E-state index in [1.807, 2.05) is 51.1 Å². The lowest BCUT2D eigenvalue weighted by atomic mass is 10.1. The van der Waals surface area contributed by atoms with Crippen molar-refractivity contribution in [2.45, 2.75) is 20.8 Å². The van der Waals surface area contributed by atoms with Crippen LogP contribution in [0, 0.1) is 20.8 Å². The van der Waals surface area contributed by atoms with Crippen molar-refractivity contribution in [1.82, 2.24) is 4.98 Å². The molecule has 1 aromatic heterocycles. The van der Waals surface area contributed by atoms with E-state index in [9.17, 15) is 4.79 Å². The maximum atomic E-state index is 12.5. The Bertz CT molecular complexity index is 879. The third-order valence-corrected chi connectivity index (χ3v) is 4.73. The lowest BCUT2D eigenvalue weighted by Gasteiger charge is -2.04. The van der Waals surface area contributed by atoms with E-state index in [1.54, 1.807) is 7.11 Å². The second kappa shape index (κ2) is 6.01. The summed E-state index contributed by atoms with van der Waals surface area (Å²) >= 11 is 1.46. The van der Waals surface area contributed by atoms with Gasteiger partial charge in [0.1, 0.15) is 11.3 Å². The smallest absolute Gasteiger partial charge is 0.257 e. The first kappa shape index (κ1) is 15.5. The quantitative estimate of drug-likeness (QED) is 0.772. The van der Waals surface area contributed by atoms with E-state index in [1.165, 1.54) is 11.3 Å². The van der Waals surface area contributed by atoms with E-state index in [4.69, 9.17) is 4.74 Å². The molecule has 1 N–H and O–H groups in total. The van der Waals surface area contributed by atoms with Gasteiger partial charge in [-0.2, -0.15) is 0 Å². The predicted octanol–water partition coefficient (Wildman–Crippen LogP) is 4.48. The number of aryl methyl sites for hydroxylation is 3. The van der Waals surface area contributed by atoms with Crippen LogP contribution in [-0.2, 0) is 0 Å². The van der Waals surface area contributed by atoms with Crippen molar-refractivity contribution in [3.05, 3.63) is 52.6 Å². The zero-order chi connectivity index (χ0) is 16.6. The second-order valence-electron chi connectivity index (χ2n) is 5.61. The zero-order valence-electron chi connectivity index (χ0n) is 13.6. The normalized spacial score (nSPS) is 10.8. The highest BCUT2D eigenvalue weighted by Gasteiger charge is 2.14. The minimum atomic E-state index is -0.146. The van der Waals surface area contributed by atoms with Crippen LogP contribution in [0.4, 0.5) is 5.13 Å². The molecule has 23 heavy (non-hydrogen) atoms. The molecule has 0 unspecified atom stereocenters. The van der Waals surface area contributed by atoms with E-state index < -0.39 is 0 Å². The van der Waals surface area contributed by atoms with Crippen LogP contribution in [0.15, 0.2) is 30.3 Å². The summed E-state index contributed by atoms with van der Waals surface area (Å²) in [5.74, 6) is 0.571. The van der Waals surface area contributed by atoms with Gasteiger partial charge in [0.05, 0.1) is 11.8 Å². The fourth-order valence-electron chi connectivity index (χ4n) is 2.60. The van der Waals surface area contributed by atoms with Crippen LogP contribution in [0.2, 0.25) is 0 Å². The van der Waals surface area contributed by atoms with E-state index in [0.717, 1.165) is 26.9 Å². The lowest BCUT2D eigenvalue weighted by Crippen LogP contribution is -2.12. The Balaban J connectivity index is 1.95. The molecular weight excluding hydrogens is 308 g/mol. The van der Waals surface area contributed by atoms with Gasteiger partial charge in [0.15, 0.2) is 5.13 Å². The summed E-state index contributed by atoms with van der Waals surface area (Å²) in [6.45, 7) is 5.99. The molecule has 0 radical (unpaired) electrons. The third kappa shape index (κ3) is 3.05. The van der Waals surface area contributed by atoms with Crippen LogP contribution >= 0.6 is 11.3 Å². The highest BCUT2D eigenvalue weighted by atomic mass is 32.1. The van der Waals surface area contributed by atoms with E-state index in [2.05, 4.69) is 10.3 Å². The van der Waals surface area contributed by atoms with Crippen molar-refractivity contribution < 1.29 is 9.53 Å². The summed E-state index contributed by atoms with van der Waals surface area (Å²) in [5, 5.41) is 3.47. The van der Waals surface area contributed by atoms with E-state index in [0.29, 0.717) is 16.4 Å². The average molecular weight is 326 g/mol. The monoisotopic (exact) mass is 326 g/mol. The number of fused-ring (bicyclic) bond motifs is 1. The molecule has 0 atom stereocenters. The number of methoxy groups -OCH3 is 1. The van der Waals surface area contributed by atoms with Crippen molar-refractivity contribution in [3.8, 4) is 5.75 Å². The number of amides is 1. The first-order valence-corrected chi connectivity index (χ1v) is 8.13. The summed E-state index contributed by atoms with van der Waals surface area (Å²) in [7, 11) is 1.62. The second-order valence-corrected chi connectivity index (χ2v) is 6.61. The summed E-state index contributed by atoms with van der Waals surface area (Å²) in [6.07, 6.45) is 0. The number of nitrogens with zero attached hydrogens (tertiary/aromatic N) is 1. The zero-order valence-corrected chi connectivity index (χ0v) is 14.4. The molecule has 1 heterocycles. The molecule has 3 aromatic rings. The number of hydrogen-bond donors (Lipinski definition) is 1. The Morgan fingerprint density at radius 2 is 1.83 bits per heavy atom. The minimum absolute atomic E-state index is 0.146. The number of thiazole rings is 1. The van der Waals surface area contributed by atoms with Crippen LogP contribution < -0.4 is 10.1 Å². The van der Waals surface area contributed by atoms with Gasteiger partial charge in [0.2, 0.25) is 0 Å². The van der Waals surface area contributed by atoms with Gasteiger partial charge >= 0.3 is 0 Å². The topological polar surface area (TPSA) is 51.2 Å². The Kier molecular flexibility index (Phi) is 4.05. The van der Waals surface area contributed by atoms with Gasteiger partial charge in [0.25, 0.3) is 5.91 Å². The van der Waals surface area contributed by atoms with Crippen molar-refractivity contribution in [2.75, 3.05) is 12.4 Å². The maximum Gasteiger partial charge on any atom is 0.257 e. The molecule has 0 fully saturated rings. The first-order valence-electron chi connectivity index (χ1n) is 7.31. The van der Waals surface area contributed by atoms with Gasteiger partial charge in [-0.3, -0.25) is 10.1 Å². The van der Waals surface area contributed by atoms with Gasteiger partial charge < -0.3 is 4.74 Å². The Hall–Kier alpha value is -2.40. The van der Waals surface area contributed by atoms with Crippen LogP contribution in [-0.4, -0.2) is 18.0 Å². The standard InChI is InChI=1S/C18H18N2O2S/c1-10-7-11(2)9-13(8-10)17(21)20-18-19-15-14(22-4)6-5-12(3)16(15)23-18/h5-9H,1-4H3,(H,19,20,21). The number of ether oxygens (including phenoxy) is 1. The molecule has 0 aliphatic heterocycles. The minimum Gasteiger partial charge on any atom is -0.494 e. The van der Waals surface area contributed by atoms with Gasteiger partial charge in [-0.05, 0) is 44.5 Å². The number of nitrogens with one attached hydrogen (secondary N) is 1. The molecule has 3 rings (SSSR count). The largest absolute Gasteiger partial charge is 0.494 e. The van der Waals surface area contributed by atoms with Crippen molar-refractivity contribution >= 4 is 32.6 Å². The van der Waals surface area contributed by atoms with Crippen LogP contribution in [0.25, 0.3) is 10.2 Å². The van der Waals surface area contributed by atoms with Crippen LogP contribution in [0.5, 0.6) is 5.75 Å². The fourth-order valence-corrected chi connectivity index (χ4v) is 3.55. The first-order chi connectivity index (χ1) is 11.0. The summed E-state index contributed by atoms with van der Waals surface area (Å²) in [5.41, 5.74) is 4.68. The van der Waals surface area contributed by atoms with Gasteiger partial charge in [-0.1, -0.05) is 34.6 Å². The van der Waals surface area contributed by atoms with E-state index >= 15 is 0 Å². The highest BCUT2D eigenvalue weighted by Crippen LogP contribution is 2.34. The van der Waals surface area contributed by atoms with Gasteiger partial charge in [-0.15, -0.1) is 0 Å². The molecule has 2 aromatic carbocycles. The van der Waals surface area contributed by atoms with Crippen molar-refractivity contribution in [3.63, 3.8) is 0 Å². The molecule has 1 amide bonds. The summed E-state index contributed by atoms with van der Waals surface area (Å²) in [6, 6.07) is 9.69. The van der Waals surface area contributed by atoms with Crippen molar-refractivity contribution in [1.29, 1.82) is 0 Å². The van der Waals surface area contributed by atoms with Gasteiger partial charge in [-0.25, -0.2) is 4.98 Å². The number of carbonyl (C=O) groups excluding carboxylic acids is 1. The average Bonchev–Trinajstić information content (AvgIpc) is 2.91. The predicted molar refractivity (Wildman–Crippen MR) is 94.8 cm³/mol.